The molecule has 1 aromatic heterocycles. The molecule has 1 aromatic carbocycles. The van der Waals surface area contributed by atoms with Crippen LogP contribution in [0.1, 0.15) is 28.1 Å². The Hall–Kier alpha value is -2.03. The number of thiophene rings is 1. The third-order valence-corrected chi connectivity index (χ3v) is 5.87. The van der Waals surface area contributed by atoms with Crippen LogP contribution in [-0.4, -0.2) is 27.2 Å². The molecule has 2 rings (SSSR count). The molecular formula is C16H18N2O4S2. The molecule has 1 heterocycles. The number of aryl methyl sites for hydroxylation is 1. The van der Waals surface area contributed by atoms with Crippen LogP contribution in [-0.2, 0) is 14.8 Å². The van der Waals surface area contributed by atoms with E-state index >= 15 is 0 Å². The molecule has 0 spiro atoms. The van der Waals surface area contributed by atoms with Crippen LogP contribution >= 0.6 is 11.3 Å². The van der Waals surface area contributed by atoms with Gasteiger partial charge in [0, 0.05) is 18.5 Å². The number of sulfonamides is 1. The van der Waals surface area contributed by atoms with Gasteiger partial charge in [-0.1, -0.05) is 12.1 Å². The van der Waals surface area contributed by atoms with Crippen molar-refractivity contribution in [2.45, 2.75) is 24.7 Å². The van der Waals surface area contributed by atoms with E-state index in [1.165, 1.54) is 24.5 Å². The van der Waals surface area contributed by atoms with Crippen LogP contribution in [0.2, 0.25) is 0 Å². The Labute approximate surface area is 145 Å². The van der Waals surface area contributed by atoms with Crippen LogP contribution < -0.4 is 10.0 Å². The summed E-state index contributed by atoms with van der Waals surface area (Å²) in [6.07, 6.45) is 0.151. The monoisotopic (exact) mass is 366 g/mol. The van der Waals surface area contributed by atoms with Gasteiger partial charge in [0.15, 0.2) is 5.78 Å². The number of benzene rings is 1. The van der Waals surface area contributed by atoms with E-state index in [1.54, 1.807) is 31.2 Å². The molecule has 6 nitrogen and oxygen atoms in total. The lowest BCUT2D eigenvalue weighted by Crippen LogP contribution is -2.20. The Kier molecular flexibility index (Phi) is 5.87. The number of carbonyl (C=O) groups is 2. The molecule has 128 valence electrons. The highest BCUT2D eigenvalue weighted by molar-refractivity contribution is 7.89. The number of hydrogen-bond donors (Lipinski definition) is 2. The third kappa shape index (κ3) is 4.50. The van der Waals surface area contributed by atoms with E-state index in [-0.39, 0.29) is 29.4 Å². The summed E-state index contributed by atoms with van der Waals surface area (Å²) in [5, 5.41) is 4.44. The van der Waals surface area contributed by atoms with Gasteiger partial charge in [0.1, 0.15) is 0 Å². The fraction of sp³-hybridized carbons (Fsp3) is 0.250. The predicted molar refractivity (Wildman–Crippen MR) is 93.9 cm³/mol. The van der Waals surface area contributed by atoms with Crippen molar-refractivity contribution < 1.29 is 18.0 Å². The van der Waals surface area contributed by atoms with Gasteiger partial charge in [0.05, 0.1) is 9.77 Å². The van der Waals surface area contributed by atoms with E-state index in [0.717, 1.165) is 0 Å². The first-order valence-electron chi connectivity index (χ1n) is 7.24. The fourth-order valence-corrected chi connectivity index (χ4v) is 3.78. The highest BCUT2D eigenvalue weighted by Gasteiger charge is 2.16. The molecular weight excluding hydrogens is 348 g/mol. The predicted octanol–water partition coefficient (Wildman–Crippen LogP) is 2.57. The Morgan fingerprint density at radius 2 is 1.92 bits per heavy atom. The molecule has 0 aliphatic carbocycles. The SMILES string of the molecule is CNS(=O)(=O)c1cc(NC(=O)CCC(=O)c2cccs2)ccc1C. The molecule has 8 heteroatoms. The van der Waals surface area contributed by atoms with Crippen molar-refractivity contribution in [1.82, 2.24) is 4.72 Å². The molecule has 0 unspecified atom stereocenters. The number of amides is 1. The maximum absolute atomic E-state index is 12.0. The summed E-state index contributed by atoms with van der Waals surface area (Å²) in [6.45, 7) is 1.68. The highest BCUT2D eigenvalue weighted by Crippen LogP contribution is 2.20. The average Bonchev–Trinajstić information content (AvgIpc) is 3.09. The second-order valence-corrected chi connectivity index (χ2v) is 7.94. The zero-order valence-electron chi connectivity index (χ0n) is 13.3. The quantitative estimate of drug-likeness (QED) is 0.737. The molecule has 24 heavy (non-hydrogen) atoms. The first-order chi connectivity index (χ1) is 11.3. The smallest absolute Gasteiger partial charge is 0.240 e. The van der Waals surface area contributed by atoms with E-state index < -0.39 is 10.0 Å². The van der Waals surface area contributed by atoms with Gasteiger partial charge in [-0.05, 0) is 43.1 Å². The van der Waals surface area contributed by atoms with E-state index in [4.69, 9.17) is 0 Å². The number of carbonyl (C=O) groups excluding carboxylic acids is 2. The maximum atomic E-state index is 12.0. The lowest BCUT2D eigenvalue weighted by molar-refractivity contribution is -0.116. The molecule has 0 radical (unpaired) electrons. The van der Waals surface area contributed by atoms with E-state index in [0.29, 0.717) is 16.1 Å². The average molecular weight is 366 g/mol. The van der Waals surface area contributed by atoms with Gasteiger partial charge in [-0.3, -0.25) is 9.59 Å². The second kappa shape index (κ2) is 7.69. The van der Waals surface area contributed by atoms with E-state index in [2.05, 4.69) is 10.0 Å². The van der Waals surface area contributed by atoms with E-state index in [9.17, 15) is 18.0 Å². The molecule has 0 saturated carbocycles. The van der Waals surface area contributed by atoms with Crippen molar-refractivity contribution in [2.24, 2.45) is 0 Å². The Bertz CT molecular complexity index is 843. The van der Waals surface area contributed by atoms with Crippen LogP contribution in [0.25, 0.3) is 0 Å². The summed E-state index contributed by atoms with van der Waals surface area (Å²) in [6, 6.07) is 8.16. The van der Waals surface area contributed by atoms with Crippen molar-refractivity contribution in [2.75, 3.05) is 12.4 Å². The number of nitrogens with one attached hydrogen (secondary N) is 2. The lowest BCUT2D eigenvalue weighted by Gasteiger charge is -2.10. The second-order valence-electron chi connectivity index (χ2n) is 5.14. The minimum absolute atomic E-state index is 0.0404. The van der Waals surface area contributed by atoms with Crippen molar-refractivity contribution in [3.05, 3.63) is 46.2 Å². The first-order valence-corrected chi connectivity index (χ1v) is 9.60. The normalized spacial score (nSPS) is 11.2. The summed E-state index contributed by atoms with van der Waals surface area (Å²) in [5.41, 5.74) is 0.957. The lowest BCUT2D eigenvalue weighted by atomic mass is 10.2. The number of ketones is 1. The standard InChI is InChI=1S/C16H18N2O4S2/c1-11-5-6-12(10-15(11)24(21,22)17-2)18-16(20)8-7-13(19)14-4-3-9-23-14/h3-6,9-10,17H,7-8H2,1-2H3,(H,18,20). The molecule has 1 amide bonds. The Balaban J connectivity index is 2.02. The van der Waals surface area contributed by atoms with Crippen molar-refractivity contribution in [1.29, 1.82) is 0 Å². The minimum atomic E-state index is -3.60. The highest BCUT2D eigenvalue weighted by atomic mass is 32.2. The molecule has 0 fully saturated rings. The summed E-state index contributed by atoms with van der Waals surface area (Å²) < 4.78 is 26.1. The molecule has 0 bridgehead atoms. The first kappa shape index (κ1) is 18.3. The van der Waals surface area contributed by atoms with E-state index in [1.807, 2.05) is 5.38 Å². The Morgan fingerprint density at radius 1 is 1.17 bits per heavy atom. The zero-order valence-corrected chi connectivity index (χ0v) is 15.0. The topological polar surface area (TPSA) is 92.3 Å². The number of hydrogen-bond acceptors (Lipinski definition) is 5. The molecule has 0 saturated heterocycles. The van der Waals surface area contributed by atoms with Gasteiger partial charge in [0.25, 0.3) is 0 Å². The van der Waals surface area contributed by atoms with Crippen LogP contribution in [0.5, 0.6) is 0 Å². The number of Topliss-reactive ketones (excluding diaryl/α,β-unsaturated/α-hetero) is 1. The summed E-state index contributed by atoms with van der Waals surface area (Å²) in [4.78, 5) is 24.6. The minimum Gasteiger partial charge on any atom is -0.326 e. The number of anilines is 1. The van der Waals surface area contributed by atoms with Crippen molar-refractivity contribution >= 4 is 38.7 Å². The molecule has 2 aromatic rings. The summed E-state index contributed by atoms with van der Waals surface area (Å²) in [5.74, 6) is -0.418. The van der Waals surface area contributed by atoms with Gasteiger partial charge in [-0.2, -0.15) is 0 Å². The van der Waals surface area contributed by atoms with Crippen LogP contribution in [0, 0.1) is 6.92 Å². The van der Waals surface area contributed by atoms with Gasteiger partial charge in [-0.25, -0.2) is 13.1 Å². The van der Waals surface area contributed by atoms with Gasteiger partial charge < -0.3 is 5.32 Å². The van der Waals surface area contributed by atoms with Crippen LogP contribution in [0.15, 0.2) is 40.6 Å². The summed E-state index contributed by atoms with van der Waals surface area (Å²) >= 11 is 1.34. The van der Waals surface area contributed by atoms with Crippen molar-refractivity contribution in [3.8, 4) is 0 Å². The fourth-order valence-electron chi connectivity index (χ4n) is 2.09. The Morgan fingerprint density at radius 3 is 2.54 bits per heavy atom. The number of rotatable bonds is 7. The van der Waals surface area contributed by atoms with Crippen molar-refractivity contribution in [3.63, 3.8) is 0 Å². The van der Waals surface area contributed by atoms with Gasteiger partial charge >= 0.3 is 0 Å². The molecule has 0 aliphatic rings. The van der Waals surface area contributed by atoms with Gasteiger partial charge in [0.2, 0.25) is 15.9 Å². The molecule has 0 atom stereocenters. The zero-order chi connectivity index (χ0) is 17.7. The van der Waals surface area contributed by atoms with Crippen LogP contribution in [0.3, 0.4) is 0 Å². The maximum Gasteiger partial charge on any atom is 0.240 e. The molecule has 0 aliphatic heterocycles. The third-order valence-electron chi connectivity index (χ3n) is 3.41. The molecule has 2 N–H and O–H groups in total. The van der Waals surface area contributed by atoms with Gasteiger partial charge in [-0.15, -0.1) is 11.3 Å². The largest absolute Gasteiger partial charge is 0.326 e. The summed E-state index contributed by atoms with van der Waals surface area (Å²) in [7, 11) is -2.27. The van der Waals surface area contributed by atoms with Crippen LogP contribution in [0.4, 0.5) is 5.69 Å².